The molecular formula is C9H19NO. The molecule has 1 saturated carbocycles. The summed E-state index contributed by atoms with van der Waals surface area (Å²) in [6.45, 7) is 3.89. The molecular weight excluding hydrogens is 138 g/mol. The Kier molecular flexibility index (Phi) is 3.87. The molecule has 1 aliphatic carbocycles. The predicted molar refractivity (Wildman–Crippen MR) is 46.7 cm³/mol. The highest BCUT2D eigenvalue weighted by atomic mass is 16.5. The average molecular weight is 157 g/mol. The molecule has 0 amide bonds. The van der Waals surface area contributed by atoms with Gasteiger partial charge in [-0.15, -0.1) is 0 Å². The van der Waals surface area contributed by atoms with E-state index in [1.54, 1.807) is 0 Å². The molecule has 1 rings (SSSR count). The second kappa shape index (κ2) is 4.73. The van der Waals surface area contributed by atoms with Crippen LogP contribution in [0.25, 0.3) is 0 Å². The fourth-order valence-electron chi connectivity index (χ4n) is 1.77. The molecule has 0 spiro atoms. The summed E-state index contributed by atoms with van der Waals surface area (Å²) >= 11 is 0. The number of nitrogens with one attached hydrogen (secondary N) is 1. The molecule has 0 radical (unpaired) electrons. The first-order valence-electron chi connectivity index (χ1n) is 4.61. The first kappa shape index (κ1) is 9.01. The zero-order valence-electron chi connectivity index (χ0n) is 7.60. The Balaban J connectivity index is 2.09. The number of rotatable bonds is 4. The van der Waals surface area contributed by atoms with Crippen molar-refractivity contribution in [2.45, 2.75) is 32.2 Å². The number of ether oxygens (including phenoxy) is 1. The zero-order chi connectivity index (χ0) is 8.10. The van der Waals surface area contributed by atoms with Crippen LogP contribution >= 0.6 is 0 Å². The minimum absolute atomic E-state index is 0.750. The van der Waals surface area contributed by atoms with Crippen molar-refractivity contribution in [2.75, 3.05) is 20.3 Å². The monoisotopic (exact) mass is 157 g/mol. The Morgan fingerprint density at radius 1 is 1.45 bits per heavy atom. The molecule has 0 bridgehead atoms. The molecule has 2 nitrogen and oxygen atoms in total. The third-order valence-corrected chi connectivity index (χ3v) is 2.51. The fraction of sp³-hybridized carbons (Fsp3) is 1.00. The maximum absolute atomic E-state index is 5.38. The smallest absolute Gasteiger partial charge is 0.0494 e. The van der Waals surface area contributed by atoms with E-state index >= 15 is 0 Å². The van der Waals surface area contributed by atoms with Crippen LogP contribution < -0.4 is 5.32 Å². The summed E-state index contributed by atoms with van der Waals surface area (Å²) < 4.78 is 5.38. The van der Waals surface area contributed by atoms with Gasteiger partial charge in [-0.2, -0.15) is 0 Å². The van der Waals surface area contributed by atoms with Crippen molar-refractivity contribution in [2.24, 2.45) is 5.92 Å². The minimum atomic E-state index is 0.750. The van der Waals surface area contributed by atoms with E-state index in [1.807, 2.05) is 7.05 Å². The third-order valence-electron chi connectivity index (χ3n) is 2.51. The highest BCUT2D eigenvalue weighted by Gasteiger charge is 2.22. The Labute approximate surface area is 69.3 Å². The van der Waals surface area contributed by atoms with Crippen molar-refractivity contribution in [3.8, 4) is 0 Å². The Morgan fingerprint density at radius 3 is 2.82 bits per heavy atom. The number of hydrogen-bond donors (Lipinski definition) is 1. The quantitative estimate of drug-likeness (QED) is 0.666. The van der Waals surface area contributed by atoms with Gasteiger partial charge in [0, 0.05) is 19.3 Å². The van der Waals surface area contributed by atoms with Gasteiger partial charge < -0.3 is 10.1 Å². The van der Waals surface area contributed by atoms with E-state index in [4.69, 9.17) is 4.74 Å². The van der Waals surface area contributed by atoms with Crippen LogP contribution in [0.1, 0.15) is 26.2 Å². The van der Waals surface area contributed by atoms with Crippen molar-refractivity contribution >= 4 is 0 Å². The van der Waals surface area contributed by atoms with Crippen LogP contribution in [0, 0.1) is 5.92 Å². The second-order valence-electron chi connectivity index (χ2n) is 3.32. The van der Waals surface area contributed by atoms with Gasteiger partial charge in [-0.25, -0.2) is 0 Å². The van der Waals surface area contributed by atoms with E-state index in [2.05, 4.69) is 12.2 Å². The van der Waals surface area contributed by atoms with Gasteiger partial charge >= 0.3 is 0 Å². The molecule has 1 aliphatic rings. The highest BCUT2D eigenvalue weighted by Crippen LogP contribution is 2.25. The van der Waals surface area contributed by atoms with Gasteiger partial charge in [-0.1, -0.05) is 0 Å². The summed E-state index contributed by atoms with van der Waals surface area (Å²) in [7, 11) is 2.05. The molecule has 1 fully saturated rings. The highest BCUT2D eigenvalue weighted by molar-refractivity contribution is 4.78. The molecule has 0 saturated heterocycles. The maximum Gasteiger partial charge on any atom is 0.0494 e. The largest absolute Gasteiger partial charge is 0.381 e. The third kappa shape index (κ3) is 2.80. The van der Waals surface area contributed by atoms with Crippen molar-refractivity contribution in [3.63, 3.8) is 0 Å². The van der Waals surface area contributed by atoms with Crippen LogP contribution in [-0.4, -0.2) is 26.3 Å². The minimum Gasteiger partial charge on any atom is -0.381 e. The summed E-state index contributed by atoms with van der Waals surface area (Å²) in [4.78, 5) is 0. The molecule has 11 heavy (non-hydrogen) atoms. The fourth-order valence-corrected chi connectivity index (χ4v) is 1.77. The molecule has 2 heteroatoms. The van der Waals surface area contributed by atoms with Crippen molar-refractivity contribution in [3.05, 3.63) is 0 Å². The van der Waals surface area contributed by atoms with Crippen LogP contribution in [0.5, 0.6) is 0 Å². The van der Waals surface area contributed by atoms with Gasteiger partial charge in [0.15, 0.2) is 0 Å². The first-order chi connectivity index (χ1) is 5.36. The van der Waals surface area contributed by atoms with Crippen LogP contribution in [-0.2, 0) is 4.74 Å². The summed E-state index contributed by atoms with van der Waals surface area (Å²) in [5.41, 5.74) is 0. The Morgan fingerprint density at radius 2 is 2.27 bits per heavy atom. The van der Waals surface area contributed by atoms with Gasteiger partial charge in [0.1, 0.15) is 0 Å². The molecule has 1 N–H and O–H groups in total. The zero-order valence-corrected chi connectivity index (χ0v) is 7.60. The SMILES string of the molecule is CCOCC1CCC(NC)C1. The normalized spacial score (nSPS) is 31.1. The van der Waals surface area contributed by atoms with Crippen molar-refractivity contribution in [1.29, 1.82) is 0 Å². The van der Waals surface area contributed by atoms with E-state index in [1.165, 1.54) is 19.3 Å². The van der Waals surface area contributed by atoms with E-state index in [0.717, 1.165) is 25.2 Å². The molecule has 2 atom stereocenters. The lowest BCUT2D eigenvalue weighted by atomic mass is 10.1. The van der Waals surface area contributed by atoms with Gasteiger partial charge in [0.05, 0.1) is 0 Å². The van der Waals surface area contributed by atoms with Gasteiger partial charge in [0.25, 0.3) is 0 Å². The van der Waals surface area contributed by atoms with Gasteiger partial charge in [-0.3, -0.25) is 0 Å². The van der Waals surface area contributed by atoms with E-state index < -0.39 is 0 Å². The maximum atomic E-state index is 5.38. The lowest BCUT2D eigenvalue weighted by Gasteiger charge is -2.09. The van der Waals surface area contributed by atoms with E-state index in [0.29, 0.717) is 0 Å². The molecule has 0 heterocycles. The van der Waals surface area contributed by atoms with Crippen LogP contribution in [0.15, 0.2) is 0 Å². The summed E-state index contributed by atoms with van der Waals surface area (Å²) in [6, 6.07) is 0.750. The summed E-state index contributed by atoms with van der Waals surface area (Å²) in [5, 5.41) is 3.31. The van der Waals surface area contributed by atoms with E-state index in [-0.39, 0.29) is 0 Å². The molecule has 0 aliphatic heterocycles. The van der Waals surface area contributed by atoms with Crippen LogP contribution in [0.4, 0.5) is 0 Å². The Bertz CT molecular complexity index is 106. The van der Waals surface area contributed by atoms with Crippen LogP contribution in [0.3, 0.4) is 0 Å². The Hall–Kier alpha value is -0.0800. The lowest BCUT2D eigenvalue weighted by molar-refractivity contribution is 0.112. The summed E-state index contributed by atoms with van der Waals surface area (Å²) in [6.07, 6.45) is 3.97. The lowest BCUT2D eigenvalue weighted by Crippen LogP contribution is -2.21. The molecule has 0 aromatic carbocycles. The number of hydrogen-bond acceptors (Lipinski definition) is 2. The van der Waals surface area contributed by atoms with Gasteiger partial charge in [-0.05, 0) is 39.2 Å². The molecule has 0 aromatic rings. The predicted octanol–water partition coefficient (Wildman–Crippen LogP) is 1.41. The molecule has 0 aromatic heterocycles. The van der Waals surface area contributed by atoms with Gasteiger partial charge in [0.2, 0.25) is 0 Å². The summed E-state index contributed by atoms with van der Waals surface area (Å²) in [5.74, 6) is 0.812. The van der Waals surface area contributed by atoms with Crippen LogP contribution in [0.2, 0.25) is 0 Å². The van der Waals surface area contributed by atoms with Crippen molar-refractivity contribution in [1.82, 2.24) is 5.32 Å². The molecule has 66 valence electrons. The average Bonchev–Trinajstić information content (AvgIpc) is 2.48. The first-order valence-corrected chi connectivity index (χ1v) is 4.61. The second-order valence-corrected chi connectivity index (χ2v) is 3.32. The topological polar surface area (TPSA) is 21.3 Å². The van der Waals surface area contributed by atoms with Crippen molar-refractivity contribution < 1.29 is 4.74 Å². The van der Waals surface area contributed by atoms with E-state index in [9.17, 15) is 0 Å². The standard InChI is InChI=1S/C9H19NO/c1-3-11-7-8-4-5-9(6-8)10-2/h8-10H,3-7H2,1-2H3. The molecule has 2 unspecified atom stereocenters.